The predicted octanol–water partition coefficient (Wildman–Crippen LogP) is 1.75. The van der Waals surface area contributed by atoms with Crippen LogP contribution in [0.15, 0.2) is 27.6 Å². The molecule has 0 aromatic heterocycles. The lowest BCUT2D eigenvalue weighted by atomic mass is 10.1. The number of methoxy groups -OCH3 is 1. The maximum atomic E-state index is 12.8. The highest BCUT2D eigenvalue weighted by Gasteiger charge is 2.38. The number of benzene rings is 1. The molecule has 1 aromatic rings. The Kier molecular flexibility index (Phi) is 4.90. The molecule has 2 rings (SSSR count). The van der Waals surface area contributed by atoms with E-state index in [0.29, 0.717) is 17.3 Å². The Balaban J connectivity index is 2.43. The Morgan fingerprint density at radius 1 is 1.43 bits per heavy atom. The van der Waals surface area contributed by atoms with Crippen LogP contribution in [-0.4, -0.2) is 38.4 Å². The molecule has 1 heterocycles. The summed E-state index contributed by atoms with van der Waals surface area (Å²) in [5, 5.41) is 0. The molecule has 21 heavy (non-hydrogen) atoms. The lowest BCUT2D eigenvalue weighted by molar-refractivity contribution is -0.146. The van der Waals surface area contributed by atoms with Gasteiger partial charge in [0.2, 0.25) is 10.0 Å². The molecule has 0 spiro atoms. The van der Waals surface area contributed by atoms with Crippen LogP contribution in [-0.2, 0) is 19.6 Å². The number of halogens is 1. The first-order chi connectivity index (χ1) is 9.87. The zero-order valence-electron chi connectivity index (χ0n) is 11.6. The maximum absolute atomic E-state index is 12.8. The third-order valence-corrected chi connectivity index (χ3v) is 5.96. The van der Waals surface area contributed by atoms with Gasteiger partial charge in [-0.15, -0.1) is 0 Å². The number of nitrogens with two attached hydrogens (primary N) is 1. The molecule has 1 fully saturated rings. The zero-order valence-corrected chi connectivity index (χ0v) is 14.0. The smallest absolute Gasteiger partial charge is 0.324 e. The second-order valence-electron chi connectivity index (χ2n) is 4.83. The van der Waals surface area contributed by atoms with Crippen LogP contribution < -0.4 is 5.73 Å². The van der Waals surface area contributed by atoms with Crippen LogP contribution in [0.1, 0.15) is 19.3 Å². The van der Waals surface area contributed by atoms with Crippen molar-refractivity contribution in [1.82, 2.24) is 4.31 Å². The average Bonchev–Trinajstić information content (AvgIpc) is 2.46. The van der Waals surface area contributed by atoms with Crippen molar-refractivity contribution in [3.05, 3.63) is 22.7 Å². The Morgan fingerprint density at radius 2 is 2.14 bits per heavy atom. The fourth-order valence-corrected chi connectivity index (χ4v) is 4.57. The van der Waals surface area contributed by atoms with Gasteiger partial charge in [-0.1, -0.05) is 15.9 Å². The highest BCUT2D eigenvalue weighted by Crippen LogP contribution is 2.30. The first-order valence-electron chi connectivity index (χ1n) is 6.52. The number of rotatable bonds is 3. The third kappa shape index (κ3) is 3.22. The molecule has 0 aliphatic carbocycles. The van der Waals surface area contributed by atoms with Gasteiger partial charge in [0.15, 0.2) is 0 Å². The fraction of sp³-hybridized carbons (Fsp3) is 0.462. The van der Waals surface area contributed by atoms with Crippen molar-refractivity contribution >= 4 is 37.6 Å². The highest BCUT2D eigenvalue weighted by molar-refractivity contribution is 9.10. The number of carbonyl (C=O) groups is 1. The molecule has 1 aliphatic heterocycles. The first-order valence-corrected chi connectivity index (χ1v) is 8.76. The molecule has 0 saturated carbocycles. The fourth-order valence-electron chi connectivity index (χ4n) is 2.44. The molecule has 1 saturated heterocycles. The van der Waals surface area contributed by atoms with Crippen LogP contribution in [0.3, 0.4) is 0 Å². The van der Waals surface area contributed by atoms with Crippen molar-refractivity contribution in [1.29, 1.82) is 0 Å². The molecule has 0 amide bonds. The van der Waals surface area contributed by atoms with Crippen LogP contribution >= 0.6 is 15.9 Å². The number of sulfonamides is 1. The minimum atomic E-state index is -3.83. The standard InChI is InChI=1S/C13H17BrN2O4S/c1-20-13(17)11-4-2-3-7-16(11)21(18,19)12-6-5-9(14)8-10(12)15/h5-6,8,11H,2-4,7,15H2,1H3. The van der Waals surface area contributed by atoms with Gasteiger partial charge in [0.1, 0.15) is 10.9 Å². The van der Waals surface area contributed by atoms with Gasteiger partial charge in [0, 0.05) is 11.0 Å². The number of nitrogens with zero attached hydrogens (tertiary/aromatic N) is 1. The Labute approximate surface area is 132 Å². The molecule has 0 bridgehead atoms. The van der Waals surface area contributed by atoms with Gasteiger partial charge < -0.3 is 10.5 Å². The summed E-state index contributed by atoms with van der Waals surface area (Å²) in [5.41, 5.74) is 5.97. The van der Waals surface area contributed by atoms with Gasteiger partial charge in [-0.05, 0) is 37.5 Å². The number of hydrogen-bond acceptors (Lipinski definition) is 5. The van der Waals surface area contributed by atoms with Crippen molar-refractivity contribution in [2.24, 2.45) is 0 Å². The lowest BCUT2D eigenvalue weighted by Gasteiger charge is -2.32. The highest BCUT2D eigenvalue weighted by atomic mass is 79.9. The lowest BCUT2D eigenvalue weighted by Crippen LogP contribution is -2.48. The van der Waals surface area contributed by atoms with E-state index in [4.69, 9.17) is 10.5 Å². The van der Waals surface area contributed by atoms with Crippen molar-refractivity contribution in [3.8, 4) is 0 Å². The number of carbonyl (C=O) groups excluding carboxylic acids is 1. The number of piperidine rings is 1. The monoisotopic (exact) mass is 376 g/mol. The van der Waals surface area contributed by atoms with E-state index in [1.54, 1.807) is 6.07 Å². The summed E-state index contributed by atoms with van der Waals surface area (Å²) >= 11 is 3.24. The number of anilines is 1. The molecule has 6 nitrogen and oxygen atoms in total. The molecule has 1 aliphatic rings. The van der Waals surface area contributed by atoms with Gasteiger partial charge in [-0.3, -0.25) is 4.79 Å². The summed E-state index contributed by atoms with van der Waals surface area (Å²) in [5.74, 6) is -0.533. The van der Waals surface area contributed by atoms with E-state index in [-0.39, 0.29) is 17.1 Å². The molecule has 1 aromatic carbocycles. The zero-order chi connectivity index (χ0) is 15.6. The second kappa shape index (κ2) is 6.33. The van der Waals surface area contributed by atoms with E-state index < -0.39 is 22.0 Å². The quantitative estimate of drug-likeness (QED) is 0.640. The molecule has 116 valence electrons. The number of nitrogen functional groups attached to an aromatic ring is 1. The summed E-state index contributed by atoms with van der Waals surface area (Å²) in [6.07, 6.45) is 1.97. The van der Waals surface area contributed by atoms with Crippen LogP contribution in [0.2, 0.25) is 0 Å². The van der Waals surface area contributed by atoms with Crippen LogP contribution in [0.4, 0.5) is 5.69 Å². The number of esters is 1. The molecule has 0 radical (unpaired) electrons. The van der Waals surface area contributed by atoms with Crippen molar-refractivity contribution in [3.63, 3.8) is 0 Å². The van der Waals surface area contributed by atoms with Crippen molar-refractivity contribution < 1.29 is 17.9 Å². The third-order valence-electron chi connectivity index (χ3n) is 3.49. The molecular weight excluding hydrogens is 360 g/mol. The first kappa shape index (κ1) is 16.3. The van der Waals surface area contributed by atoms with Gasteiger partial charge in [-0.25, -0.2) is 8.42 Å². The van der Waals surface area contributed by atoms with Gasteiger partial charge in [0.05, 0.1) is 12.8 Å². The summed E-state index contributed by atoms with van der Waals surface area (Å²) in [6, 6.07) is 3.80. The van der Waals surface area contributed by atoms with E-state index in [1.807, 2.05) is 0 Å². The Morgan fingerprint density at radius 3 is 2.76 bits per heavy atom. The molecular formula is C13H17BrN2O4S. The maximum Gasteiger partial charge on any atom is 0.324 e. The predicted molar refractivity (Wildman–Crippen MR) is 82.1 cm³/mol. The van der Waals surface area contributed by atoms with Gasteiger partial charge >= 0.3 is 5.97 Å². The molecule has 2 N–H and O–H groups in total. The van der Waals surface area contributed by atoms with Crippen LogP contribution in [0.5, 0.6) is 0 Å². The SMILES string of the molecule is COC(=O)C1CCCCN1S(=O)(=O)c1ccc(Br)cc1N. The van der Waals surface area contributed by atoms with E-state index in [2.05, 4.69) is 15.9 Å². The number of ether oxygens (including phenoxy) is 1. The van der Waals surface area contributed by atoms with Gasteiger partial charge in [0.25, 0.3) is 0 Å². The number of hydrogen-bond donors (Lipinski definition) is 1. The summed E-state index contributed by atoms with van der Waals surface area (Å²) in [6.45, 7) is 0.289. The average molecular weight is 377 g/mol. The van der Waals surface area contributed by atoms with E-state index in [1.165, 1.54) is 23.5 Å². The van der Waals surface area contributed by atoms with Crippen LogP contribution in [0.25, 0.3) is 0 Å². The molecule has 8 heteroatoms. The topological polar surface area (TPSA) is 89.7 Å². The van der Waals surface area contributed by atoms with Crippen molar-refractivity contribution in [2.75, 3.05) is 19.4 Å². The summed E-state index contributed by atoms with van der Waals surface area (Å²) in [7, 11) is -2.57. The minimum Gasteiger partial charge on any atom is -0.468 e. The van der Waals surface area contributed by atoms with E-state index >= 15 is 0 Å². The van der Waals surface area contributed by atoms with Crippen molar-refractivity contribution in [2.45, 2.75) is 30.2 Å². The summed E-state index contributed by atoms with van der Waals surface area (Å²) < 4.78 is 32.2. The Hall–Kier alpha value is -1.12. The van der Waals surface area contributed by atoms with E-state index in [0.717, 1.165) is 6.42 Å². The largest absolute Gasteiger partial charge is 0.468 e. The minimum absolute atomic E-state index is 0.0153. The summed E-state index contributed by atoms with van der Waals surface area (Å²) in [4.78, 5) is 11.8. The molecule has 1 unspecified atom stereocenters. The Bertz CT molecular complexity index is 648. The second-order valence-corrected chi connectivity index (χ2v) is 7.61. The molecule has 1 atom stereocenters. The van der Waals surface area contributed by atoms with Crippen LogP contribution in [0, 0.1) is 0 Å². The van der Waals surface area contributed by atoms with Gasteiger partial charge in [-0.2, -0.15) is 4.31 Å². The normalized spacial score (nSPS) is 20.2. The van der Waals surface area contributed by atoms with E-state index in [9.17, 15) is 13.2 Å².